The molecular formula is C28H32N2O4S. The number of hydrogen-bond donors (Lipinski definition) is 0. The van der Waals surface area contributed by atoms with Crippen LogP contribution in [0.15, 0.2) is 60.0 Å². The number of nitrogens with zero attached hydrogens (tertiary/aromatic N) is 2. The molecule has 2 amide bonds. The Morgan fingerprint density at radius 1 is 1.11 bits per heavy atom. The van der Waals surface area contributed by atoms with Crippen LogP contribution in [0.4, 0.5) is 0 Å². The van der Waals surface area contributed by atoms with E-state index in [9.17, 15) is 9.59 Å². The van der Waals surface area contributed by atoms with E-state index in [0.29, 0.717) is 31.0 Å². The highest BCUT2D eigenvalue weighted by Crippen LogP contribution is 2.34. The highest BCUT2D eigenvalue weighted by molar-refractivity contribution is 7.10. The molecule has 184 valence electrons. The summed E-state index contributed by atoms with van der Waals surface area (Å²) < 4.78 is 11.4. The number of methoxy groups -OCH3 is 1. The number of rotatable bonds is 9. The molecule has 1 aromatic heterocycles. The van der Waals surface area contributed by atoms with Crippen LogP contribution in [0.25, 0.3) is 0 Å². The van der Waals surface area contributed by atoms with Crippen LogP contribution in [0.5, 0.6) is 11.5 Å². The van der Waals surface area contributed by atoms with Crippen molar-refractivity contribution < 1.29 is 19.1 Å². The van der Waals surface area contributed by atoms with Gasteiger partial charge in [-0.25, -0.2) is 0 Å². The Hall–Kier alpha value is -3.32. The summed E-state index contributed by atoms with van der Waals surface area (Å²) in [6, 6.07) is 16.9. The number of amides is 2. The van der Waals surface area contributed by atoms with Gasteiger partial charge in [-0.05, 0) is 67.1 Å². The number of ether oxygens (including phenoxy) is 2. The first kappa shape index (κ1) is 24.8. The lowest BCUT2D eigenvalue weighted by Crippen LogP contribution is -2.48. The van der Waals surface area contributed by atoms with Gasteiger partial charge >= 0.3 is 0 Å². The smallest absolute Gasteiger partial charge is 0.254 e. The summed E-state index contributed by atoms with van der Waals surface area (Å²) in [7, 11) is 1.57. The predicted molar refractivity (Wildman–Crippen MR) is 138 cm³/mol. The molecule has 2 aromatic carbocycles. The number of aryl methyl sites for hydroxylation is 1. The van der Waals surface area contributed by atoms with Crippen molar-refractivity contribution in [2.24, 2.45) is 0 Å². The average molecular weight is 493 g/mol. The Balaban J connectivity index is 1.51. The van der Waals surface area contributed by atoms with Crippen LogP contribution in [-0.4, -0.2) is 55.0 Å². The molecule has 6 nitrogen and oxygen atoms in total. The molecule has 4 rings (SSSR count). The van der Waals surface area contributed by atoms with Gasteiger partial charge < -0.3 is 19.3 Å². The largest absolute Gasteiger partial charge is 0.497 e. The van der Waals surface area contributed by atoms with Crippen molar-refractivity contribution in [2.75, 3.05) is 33.4 Å². The zero-order valence-electron chi connectivity index (χ0n) is 20.5. The van der Waals surface area contributed by atoms with Crippen LogP contribution in [0.1, 0.15) is 45.7 Å². The molecule has 0 fully saturated rings. The van der Waals surface area contributed by atoms with Crippen LogP contribution in [0.2, 0.25) is 0 Å². The second kappa shape index (κ2) is 11.4. The normalized spacial score (nSPS) is 14.8. The topological polar surface area (TPSA) is 59.1 Å². The van der Waals surface area contributed by atoms with Gasteiger partial charge in [-0.2, -0.15) is 0 Å². The van der Waals surface area contributed by atoms with Crippen molar-refractivity contribution in [3.8, 4) is 11.5 Å². The maximum Gasteiger partial charge on any atom is 0.254 e. The van der Waals surface area contributed by atoms with Crippen molar-refractivity contribution in [3.05, 3.63) is 81.5 Å². The summed E-state index contributed by atoms with van der Waals surface area (Å²) in [6.07, 6.45) is 1.58. The molecule has 0 radical (unpaired) electrons. The fraction of sp³-hybridized carbons (Fsp3) is 0.357. The van der Waals surface area contributed by atoms with Crippen molar-refractivity contribution >= 4 is 23.2 Å². The molecule has 2 heterocycles. The zero-order valence-corrected chi connectivity index (χ0v) is 21.3. The maximum atomic E-state index is 13.6. The summed E-state index contributed by atoms with van der Waals surface area (Å²) in [6.45, 7) is 5.57. The number of carbonyl (C=O) groups excluding carboxylic acids is 2. The standard InChI is InChI=1S/C28H32N2O4S/c1-4-14-29(28(32)21-6-5-7-23(17-21)33-3)18-27(31)30-15-12-26-24(13-16-35-26)25(30)19-34-22-10-8-20(2)9-11-22/h5-11,13,16-17,25H,4,12,14-15,18-19H2,1-3H3/t25-/m1/s1. The van der Waals surface area contributed by atoms with Gasteiger partial charge in [0.1, 0.15) is 24.7 Å². The second-order valence-electron chi connectivity index (χ2n) is 8.73. The highest BCUT2D eigenvalue weighted by atomic mass is 32.1. The van der Waals surface area contributed by atoms with Crippen molar-refractivity contribution in [1.29, 1.82) is 0 Å². The van der Waals surface area contributed by atoms with Crippen molar-refractivity contribution in [3.63, 3.8) is 0 Å². The molecule has 1 aliphatic heterocycles. The Labute approximate surface area is 211 Å². The summed E-state index contributed by atoms with van der Waals surface area (Å²) >= 11 is 1.72. The molecule has 0 saturated carbocycles. The first-order chi connectivity index (χ1) is 17.0. The SMILES string of the molecule is CCCN(CC(=O)N1CCc2sccc2[C@H]1COc1ccc(C)cc1)C(=O)c1cccc(OC)c1. The molecular weight excluding hydrogens is 460 g/mol. The van der Waals surface area contributed by atoms with Crippen LogP contribution in [0.3, 0.4) is 0 Å². The molecule has 0 aliphatic carbocycles. The van der Waals surface area contributed by atoms with Gasteiger partial charge in [0.05, 0.1) is 13.2 Å². The number of benzene rings is 2. The first-order valence-electron chi connectivity index (χ1n) is 12.0. The van der Waals surface area contributed by atoms with E-state index in [0.717, 1.165) is 24.2 Å². The van der Waals surface area contributed by atoms with Gasteiger partial charge in [-0.3, -0.25) is 9.59 Å². The fourth-order valence-corrected chi connectivity index (χ4v) is 5.33. The summed E-state index contributed by atoms with van der Waals surface area (Å²) in [5, 5.41) is 2.08. The van der Waals surface area contributed by atoms with E-state index in [4.69, 9.17) is 9.47 Å². The Morgan fingerprint density at radius 2 is 1.91 bits per heavy atom. The van der Waals surface area contributed by atoms with Crippen LogP contribution in [0, 0.1) is 6.92 Å². The van der Waals surface area contributed by atoms with Crippen LogP contribution in [-0.2, 0) is 11.2 Å². The number of fused-ring (bicyclic) bond motifs is 1. The van der Waals surface area contributed by atoms with E-state index in [1.807, 2.05) is 43.0 Å². The molecule has 0 N–H and O–H groups in total. The van der Waals surface area contributed by atoms with E-state index in [-0.39, 0.29) is 24.4 Å². The molecule has 35 heavy (non-hydrogen) atoms. The van der Waals surface area contributed by atoms with Gasteiger partial charge in [-0.1, -0.05) is 30.7 Å². The van der Waals surface area contributed by atoms with Crippen LogP contribution < -0.4 is 9.47 Å². The van der Waals surface area contributed by atoms with E-state index >= 15 is 0 Å². The first-order valence-corrected chi connectivity index (χ1v) is 12.9. The minimum atomic E-state index is -0.186. The minimum Gasteiger partial charge on any atom is -0.497 e. The molecule has 1 atom stereocenters. The third-order valence-corrected chi connectivity index (χ3v) is 7.26. The fourth-order valence-electron chi connectivity index (χ4n) is 4.40. The van der Waals surface area contributed by atoms with Gasteiger partial charge in [-0.15, -0.1) is 11.3 Å². The Bertz CT molecular complexity index is 1160. The molecule has 0 unspecified atom stereocenters. The molecule has 7 heteroatoms. The Kier molecular flexibility index (Phi) is 8.08. The molecule has 3 aromatic rings. The number of carbonyl (C=O) groups is 2. The predicted octanol–water partition coefficient (Wildman–Crippen LogP) is 5.12. The minimum absolute atomic E-state index is 0.0321. The molecule has 0 bridgehead atoms. The van der Waals surface area contributed by atoms with E-state index in [1.165, 1.54) is 10.4 Å². The summed E-state index contributed by atoms with van der Waals surface area (Å²) in [5.74, 6) is 1.17. The Morgan fingerprint density at radius 3 is 2.66 bits per heavy atom. The van der Waals surface area contributed by atoms with Gasteiger partial charge in [0, 0.05) is 23.5 Å². The number of hydrogen-bond acceptors (Lipinski definition) is 5. The molecule has 0 saturated heterocycles. The molecule has 1 aliphatic rings. The highest BCUT2D eigenvalue weighted by Gasteiger charge is 2.33. The average Bonchev–Trinajstić information content (AvgIpc) is 3.36. The second-order valence-corrected chi connectivity index (χ2v) is 9.74. The van der Waals surface area contributed by atoms with E-state index in [2.05, 4.69) is 11.4 Å². The van der Waals surface area contributed by atoms with Gasteiger partial charge in [0.2, 0.25) is 5.91 Å². The number of thiophene rings is 1. The van der Waals surface area contributed by atoms with Crippen molar-refractivity contribution in [2.45, 2.75) is 32.7 Å². The monoisotopic (exact) mass is 492 g/mol. The van der Waals surface area contributed by atoms with Crippen LogP contribution >= 0.6 is 11.3 Å². The van der Waals surface area contributed by atoms with E-state index in [1.54, 1.807) is 47.6 Å². The molecule has 0 spiro atoms. The zero-order chi connectivity index (χ0) is 24.8. The van der Waals surface area contributed by atoms with Crippen molar-refractivity contribution in [1.82, 2.24) is 9.80 Å². The summed E-state index contributed by atoms with van der Waals surface area (Å²) in [5.41, 5.74) is 2.83. The van der Waals surface area contributed by atoms with Gasteiger partial charge in [0.25, 0.3) is 5.91 Å². The maximum absolute atomic E-state index is 13.6. The third-order valence-electron chi connectivity index (χ3n) is 6.27. The lowest BCUT2D eigenvalue weighted by molar-refractivity contribution is -0.135. The van der Waals surface area contributed by atoms with Gasteiger partial charge in [0.15, 0.2) is 0 Å². The third kappa shape index (κ3) is 5.85. The lowest BCUT2D eigenvalue weighted by Gasteiger charge is -2.37. The lowest BCUT2D eigenvalue weighted by atomic mass is 10.0. The van der Waals surface area contributed by atoms with E-state index < -0.39 is 0 Å². The summed E-state index contributed by atoms with van der Waals surface area (Å²) in [4.78, 5) is 31.7. The quantitative estimate of drug-likeness (QED) is 0.416.